The van der Waals surface area contributed by atoms with E-state index in [2.05, 4.69) is 31.8 Å². The maximum Gasteiger partial charge on any atom is 0.261 e. The van der Waals surface area contributed by atoms with Crippen molar-refractivity contribution in [3.8, 4) is 0 Å². The van der Waals surface area contributed by atoms with Crippen LogP contribution in [0.1, 0.15) is 49.2 Å². The van der Waals surface area contributed by atoms with Crippen LogP contribution in [-0.2, 0) is 4.74 Å². The molecule has 1 aromatic heterocycles. The molecule has 1 N–H and O–H groups in total. The Morgan fingerprint density at radius 1 is 1.58 bits per heavy atom. The average molecular weight is 299 g/mol. The fourth-order valence-corrected chi connectivity index (χ4v) is 3.65. The lowest BCUT2D eigenvalue weighted by Crippen LogP contribution is -2.48. The van der Waals surface area contributed by atoms with Crippen molar-refractivity contribution in [2.45, 2.75) is 56.1 Å². The van der Waals surface area contributed by atoms with Crippen LogP contribution in [0, 0.1) is 0 Å². The quantitative estimate of drug-likeness (QED) is 0.835. The van der Waals surface area contributed by atoms with Gasteiger partial charge in [-0.05, 0) is 31.7 Å². The lowest BCUT2D eigenvalue weighted by Gasteiger charge is -2.40. The predicted octanol–water partition coefficient (Wildman–Crippen LogP) is 3.50. The van der Waals surface area contributed by atoms with Crippen LogP contribution in [0.2, 0.25) is 0 Å². The molecular weight excluding hydrogens is 278 g/mol. The maximum atomic E-state index is 12.1. The maximum absolute atomic E-state index is 12.1. The molecule has 0 bridgehead atoms. The van der Waals surface area contributed by atoms with Gasteiger partial charge in [0.05, 0.1) is 10.5 Å². The molecular formula is C14H21NO2S2. The van der Waals surface area contributed by atoms with Crippen molar-refractivity contribution in [2.75, 3.05) is 6.61 Å². The summed E-state index contributed by atoms with van der Waals surface area (Å²) in [6.45, 7) is 5.04. The van der Waals surface area contributed by atoms with E-state index in [9.17, 15) is 4.79 Å². The van der Waals surface area contributed by atoms with Gasteiger partial charge in [0.15, 0.2) is 0 Å². The molecule has 2 heterocycles. The van der Waals surface area contributed by atoms with Gasteiger partial charge in [0.1, 0.15) is 0 Å². The number of nitrogens with one attached hydrogen (secondary N) is 1. The minimum Gasteiger partial charge on any atom is -0.375 e. The third kappa shape index (κ3) is 3.52. The van der Waals surface area contributed by atoms with Gasteiger partial charge in [-0.1, -0.05) is 13.8 Å². The van der Waals surface area contributed by atoms with Gasteiger partial charge in [0.2, 0.25) is 0 Å². The van der Waals surface area contributed by atoms with E-state index < -0.39 is 0 Å². The van der Waals surface area contributed by atoms with Gasteiger partial charge in [-0.15, -0.1) is 24.0 Å². The Hall–Kier alpha value is -0.520. The van der Waals surface area contributed by atoms with Crippen molar-refractivity contribution >= 4 is 29.9 Å². The molecule has 19 heavy (non-hydrogen) atoms. The third-order valence-electron chi connectivity index (χ3n) is 3.93. The van der Waals surface area contributed by atoms with Gasteiger partial charge >= 0.3 is 0 Å². The largest absolute Gasteiger partial charge is 0.375 e. The molecule has 3 nitrogen and oxygen atoms in total. The van der Waals surface area contributed by atoms with E-state index in [0.717, 1.165) is 42.1 Å². The average Bonchev–Trinajstić information content (AvgIpc) is 2.85. The van der Waals surface area contributed by atoms with Crippen LogP contribution in [0.5, 0.6) is 0 Å². The first-order chi connectivity index (χ1) is 9.08. The van der Waals surface area contributed by atoms with Crippen LogP contribution in [0.25, 0.3) is 0 Å². The molecule has 1 atom stereocenters. The monoisotopic (exact) mass is 299 g/mol. The standard InChI is InChI=1S/C14H21NO2S2/c1-3-14(4-2)8-10(5-6-17-14)15-13(16)12-7-11(18)9-19-12/h7,9-10,18H,3-6,8H2,1-2H3,(H,15,16). The molecule has 2 rings (SSSR count). The van der Waals surface area contributed by atoms with E-state index in [1.807, 2.05) is 11.4 Å². The summed E-state index contributed by atoms with van der Waals surface area (Å²) in [5.74, 6) is 0.0123. The molecule has 0 radical (unpaired) electrons. The number of thiophene rings is 1. The minimum atomic E-state index is -0.0552. The molecule has 1 aliphatic rings. The molecule has 0 aliphatic carbocycles. The lowest BCUT2D eigenvalue weighted by molar-refractivity contribution is -0.0917. The molecule has 1 amide bonds. The first-order valence-corrected chi connectivity index (χ1v) is 8.13. The molecule has 0 spiro atoms. The van der Waals surface area contributed by atoms with E-state index in [1.165, 1.54) is 11.3 Å². The highest BCUT2D eigenvalue weighted by Crippen LogP contribution is 2.31. The van der Waals surface area contributed by atoms with Gasteiger partial charge in [0.25, 0.3) is 5.91 Å². The van der Waals surface area contributed by atoms with Gasteiger partial charge in [-0.2, -0.15) is 0 Å². The van der Waals surface area contributed by atoms with E-state index in [1.54, 1.807) is 0 Å². The number of amides is 1. The van der Waals surface area contributed by atoms with E-state index in [4.69, 9.17) is 4.74 Å². The van der Waals surface area contributed by atoms with Crippen LogP contribution in [0.4, 0.5) is 0 Å². The Kier molecular flexibility index (Phi) is 4.92. The number of rotatable bonds is 4. The minimum absolute atomic E-state index is 0.0123. The van der Waals surface area contributed by atoms with Crippen LogP contribution in [0.3, 0.4) is 0 Å². The highest BCUT2D eigenvalue weighted by Gasteiger charge is 2.35. The highest BCUT2D eigenvalue weighted by molar-refractivity contribution is 7.80. The zero-order valence-corrected chi connectivity index (χ0v) is 13.2. The van der Waals surface area contributed by atoms with Crippen molar-refractivity contribution in [1.82, 2.24) is 5.32 Å². The second kappa shape index (κ2) is 6.29. The van der Waals surface area contributed by atoms with Crippen LogP contribution < -0.4 is 5.32 Å². The van der Waals surface area contributed by atoms with Crippen molar-refractivity contribution < 1.29 is 9.53 Å². The van der Waals surface area contributed by atoms with Crippen molar-refractivity contribution in [3.63, 3.8) is 0 Å². The van der Waals surface area contributed by atoms with E-state index in [-0.39, 0.29) is 17.6 Å². The van der Waals surface area contributed by atoms with Gasteiger partial charge < -0.3 is 10.1 Å². The number of carbonyl (C=O) groups is 1. The van der Waals surface area contributed by atoms with Gasteiger partial charge in [-0.25, -0.2) is 0 Å². The normalized spacial score (nSPS) is 22.2. The van der Waals surface area contributed by atoms with Gasteiger partial charge in [-0.3, -0.25) is 4.79 Å². The van der Waals surface area contributed by atoms with E-state index >= 15 is 0 Å². The zero-order valence-electron chi connectivity index (χ0n) is 11.4. The Morgan fingerprint density at radius 2 is 2.32 bits per heavy atom. The SMILES string of the molecule is CCC1(CC)CC(NC(=O)c2cc(S)cs2)CCO1. The fourth-order valence-electron chi connectivity index (χ4n) is 2.60. The summed E-state index contributed by atoms with van der Waals surface area (Å²) >= 11 is 5.67. The summed E-state index contributed by atoms with van der Waals surface area (Å²) in [6, 6.07) is 2.03. The molecule has 1 aromatic rings. The number of thiol groups is 1. The molecule has 1 aliphatic heterocycles. The smallest absolute Gasteiger partial charge is 0.261 e. The Balaban J connectivity index is 1.97. The molecule has 5 heteroatoms. The van der Waals surface area contributed by atoms with Crippen molar-refractivity contribution in [1.29, 1.82) is 0 Å². The van der Waals surface area contributed by atoms with E-state index in [0.29, 0.717) is 0 Å². The summed E-state index contributed by atoms with van der Waals surface area (Å²) in [4.78, 5) is 13.7. The van der Waals surface area contributed by atoms with Crippen LogP contribution in [-0.4, -0.2) is 24.2 Å². The van der Waals surface area contributed by atoms with Gasteiger partial charge in [0, 0.05) is 22.9 Å². The summed E-state index contributed by atoms with van der Waals surface area (Å²) in [6.07, 6.45) is 3.79. The lowest BCUT2D eigenvalue weighted by atomic mass is 9.86. The summed E-state index contributed by atoms with van der Waals surface area (Å²) in [7, 11) is 0. The number of carbonyl (C=O) groups excluding carboxylic acids is 1. The molecule has 1 unspecified atom stereocenters. The predicted molar refractivity (Wildman–Crippen MR) is 81.3 cm³/mol. The Labute approximate surface area is 124 Å². The highest BCUT2D eigenvalue weighted by atomic mass is 32.1. The molecule has 0 aromatic carbocycles. The third-order valence-corrected chi connectivity index (χ3v) is 5.29. The first kappa shape index (κ1) is 14.9. The number of hydrogen-bond donors (Lipinski definition) is 2. The summed E-state index contributed by atoms with van der Waals surface area (Å²) < 4.78 is 5.92. The molecule has 1 fully saturated rings. The summed E-state index contributed by atoms with van der Waals surface area (Å²) in [5, 5.41) is 5.01. The van der Waals surface area contributed by atoms with Crippen molar-refractivity contribution in [3.05, 3.63) is 16.3 Å². The molecule has 0 saturated carbocycles. The summed E-state index contributed by atoms with van der Waals surface area (Å²) in [5.41, 5.74) is -0.0552. The topological polar surface area (TPSA) is 38.3 Å². The van der Waals surface area contributed by atoms with Crippen LogP contribution in [0.15, 0.2) is 16.3 Å². The van der Waals surface area contributed by atoms with Crippen molar-refractivity contribution in [2.24, 2.45) is 0 Å². The Bertz CT molecular complexity index is 440. The fraction of sp³-hybridized carbons (Fsp3) is 0.643. The molecule has 1 saturated heterocycles. The number of hydrogen-bond acceptors (Lipinski definition) is 4. The van der Waals surface area contributed by atoms with Crippen LogP contribution >= 0.6 is 24.0 Å². The molecule has 106 valence electrons. The number of ether oxygens (including phenoxy) is 1. The Morgan fingerprint density at radius 3 is 2.89 bits per heavy atom. The zero-order chi connectivity index (χ0) is 13.9. The second-order valence-corrected chi connectivity index (χ2v) is 6.50. The first-order valence-electron chi connectivity index (χ1n) is 6.81. The second-order valence-electron chi connectivity index (χ2n) is 5.07.